The predicted octanol–water partition coefficient (Wildman–Crippen LogP) is 3.23. The molecular weight excluding hydrogens is 358 g/mol. The summed E-state index contributed by atoms with van der Waals surface area (Å²) in [4.78, 5) is 28.0. The van der Waals surface area contributed by atoms with Crippen LogP contribution in [0.5, 0.6) is 0 Å². The van der Waals surface area contributed by atoms with Crippen LogP contribution in [0.4, 0.5) is 10.5 Å². The van der Waals surface area contributed by atoms with Crippen LogP contribution in [-0.4, -0.2) is 22.1 Å². The third-order valence-corrected chi connectivity index (χ3v) is 3.96. The lowest BCUT2D eigenvalue weighted by molar-refractivity contribution is 0.0698. The molecule has 110 valence electrons. The van der Waals surface area contributed by atoms with Crippen LogP contribution in [-0.2, 0) is 6.54 Å². The highest BCUT2D eigenvalue weighted by Crippen LogP contribution is 2.21. The van der Waals surface area contributed by atoms with Gasteiger partial charge in [-0.3, -0.25) is 0 Å². The maximum absolute atomic E-state index is 11.8. The summed E-state index contributed by atoms with van der Waals surface area (Å²) in [5.74, 6) is -1.10. The largest absolute Gasteiger partial charge is 0.478 e. The van der Waals surface area contributed by atoms with Crippen LogP contribution in [0.3, 0.4) is 0 Å². The van der Waals surface area contributed by atoms with Crippen molar-refractivity contribution in [3.8, 4) is 0 Å². The molecule has 1 heterocycles. The fourth-order valence-corrected chi connectivity index (χ4v) is 2.72. The zero-order chi connectivity index (χ0) is 15.4. The first-order chi connectivity index (χ1) is 9.95. The van der Waals surface area contributed by atoms with Gasteiger partial charge in [0, 0.05) is 15.5 Å². The maximum atomic E-state index is 11.8. The van der Waals surface area contributed by atoms with Crippen LogP contribution in [0.15, 0.2) is 28.9 Å². The zero-order valence-electron chi connectivity index (χ0n) is 11.0. The zero-order valence-corrected chi connectivity index (χ0v) is 13.4. The summed E-state index contributed by atoms with van der Waals surface area (Å²) >= 11 is 4.73. The number of hydrogen-bond donors (Lipinski definition) is 3. The topological polar surface area (TPSA) is 91.3 Å². The summed E-state index contributed by atoms with van der Waals surface area (Å²) in [7, 11) is 0. The van der Waals surface area contributed by atoms with Crippen LogP contribution in [0, 0.1) is 6.92 Å². The molecule has 0 bridgehead atoms. The molecule has 2 amide bonds. The number of carbonyl (C=O) groups is 2. The number of aryl methyl sites for hydroxylation is 1. The predicted molar refractivity (Wildman–Crippen MR) is 83.8 cm³/mol. The van der Waals surface area contributed by atoms with Crippen molar-refractivity contribution >= 4 is 45.0 Å². The van der Waals surface area contributed by atoms with Gasteiger partial charge < -0.3 is 15.7 Å². The van der Waals surface area contributed by atoms with Gasteiger partial charge in [-0.25, -0.2) is 14.6 Å². The molecule has 6 nitrogen and oxygen atoms in total. The normalized spacial score (nSPS) is 10.2. The number of aromatic nitrogens is 1. The standard InChI is InChI=1S/C13H12BrN3O3S/c1-7-15-5-9(21-7)6-16-13(20)17-11-4-8(14)2-3-10(11)12(18)19/h2-5H,6H2,1H3,(H,18,19)(H2,16,17,20). The summed E-state index contributed by atoms with van der Waals surface area (Å²) in [5.41, 5.74) is 0.261. The number of amides is 2. The van der Waals surface area contributed by atoms with Gasteiger partial charge in [0.25, 0.3) is 0 Å². The number of carbonyl (C=O) groups excluding carboxylic acids is 1. The minimum atomic E-state index is -1.10. The number of thiazole rings is 1. The lowest BCUT2D eigenvalue weighted by atomic mass is 10.2. The molecule has 3 N–H and O–H groups in total. The molecule has 21 heavy (non-hydrogen) atoms. The minimum Gasteiger partial charge on any atom is -0.478 e. The van der Waals surface area contributed by atoms with Gasteiger partial charge in [-0.15, -0.1) is 11.3 Å². The van der Waals surface area contributed by atoms with Gasteiger partial charge in [0.15, 0.2) is 0 Å². The minimum absolute atomic E-state index is 0.0296. The van der Waals surface area contributed by atoms with Gasteiger partial charge in [-0.2, -0.15) is 0 Å². The van der Waals surface area contributed by atoms with E-state index in [2.05, 4.69) is 31.5 Å². The molecule has 2 rings (SSSR count). The molecule has 8 heteroatoms. The SMILES string of the molecule is Cc1ncc(CNC(=O)Nc2cc(Br)ccc2C(=O)O)s1. The molecule has 0 aliphatic heterocycles. The Bertz CT molecular complexity index is 687. The molecule has 0 fully saturated rings. The van der Waals surface area contributed by atoms with Gasteiger partial charge >= 0.3 is 12.0 Å². The van der Waals surface area contributed by atoms with Crippen molar-refractivity contribution in [2.75, 3.05) is 5.32 Å². The van der Waals surface area contributed by atoms with Crippen molar-refractivity contribution in [1.82, 2.24) is 10.3 Å². The van der Waals surface area contributed by atoms with Crippen LogP contribution in [0.1, 0.15) is 20.2 Å². The summed E-state index contributed by atoms with van der Waals surface area (Å²) < 4.78 is 0.681. The number of anilines is 1. The van der Waals surface area contributed by atoms with E-state index in [1.165, 1.54) is 17.4 Å². The molecule has 0 spiro atoms. The fraction of sp³-hybridized carbons (Fsp3) is 0.154. The molecule has 0 atom stereocenters. The smallest absolute Gasteiger partial charge is 0.337 e. The Kier molecular flexibility index (Phi) is 4.92. The van der Waals surface area contributed by atoms with Gasteiger partial charge in [0.05, 0.1) is 22.8 Å². The molecule has 0 aliphatic carbocycles. The lowest BCUT2D eigenvalue weighted by Gasteiger charge is -2.09. The quantitative estimate of drug-likeness (QED) is 0.771. The fourth-order valence-electron chi connectivity index (χ4n) is 1.63. The monoisotopic (exact) mass is 369 g/mol. The molecule has 0 radical (unpaired) electrons. The van der Waals surface area contributed by atoms with E-state index in [0.717, 1.165) is 9.88 Å². The number of urea groups is 1. The molecule has 0 aliphatic rings. The molecule has 2 aromatic rings. The number of carboxylic acid groups (broad SMARTS) is 1. The first kappa shape index (κ1) is 15.5. The third kappa shape index (κ3) is 4.27. The van der Waals surface area contributed by atoms with Crippen LogP contribution < -0.4 is 10.6 Å². The third-order valence-electron chi connectivity index (χ3n) is 2.55. The number of aromatic carboxylic acids is 1. The number of halogens is 1. The second-order valence-electron chi connectivity index (χ2n) is 4.15. The molecule has 1 aromatic carbocycles. The van der Waals surface area contributed by atoms with Crippen LogP contribution >= 0.6 is 27.3 Å². The number of nitrogens with one attached hydrogen (secondary N) is 2. The summed E-state index contributed by atoms with van der Waals surface area (Å²) in [6.07, 6.45) is 1.70. The molecular formula is C13H12BrN3O3S. The molecule has 0 unspecified atom stereocenters. The van der Waals surface area contributed by atoms with Crippen LogP contribution in [0.2, 0.25) is 0 Å². The number of rotatable bonds is 4. The van der Waals surface area contributed by atoms with E-state index in [-0.39, 0.29) is 11.3 Å². The van der Waals surface area contributed by atoms with Gasteiger partial charge in [-0.05, 0) is 25.1 Å². The Morgan fingerprint density at radius 3 is 2.81 bits per heavy atom. The van der Waals surface area contributed by atoms with Crippen molar-refractivity contribution in [3.05, 3.63) is 44.3 Å². The Balaban J connectivity index is 2.02. The van der Waals surface area contributed by atoms with E-state index in [4.69, 9.17) is 5.11 Å². The van der Waals surface area contributed by atoms with E-state index in [1.807, 2.05) is 6.92 Å². The highest BCUT2D eigenvalue weighted by molar-refractivity contribution is 9.10. The first-order valence-electron chi connectivity index (χ1n) is 5.94. The number of carboxylic acids is 1. The second-order valence-corrected chi connectivity index (χ2v) is 6.38. The Morgan fingerprint density at radius 2 is 2.19 bits per heavy atom. The average molecular weight is 370 g/mol. The van der Waals surface area contributed by atoms with Crippen molar-refractivity contribution in [2.45, 2.75) is 13.5 Å². The van der Waals surface area contributed by atoms with Crippen molar-refractivity contribution < 1.29 is 14.7 Å². The van der Waals surface area contributed by atoms with E-state index in [0.29, 0.717) is 11.0 Å². The van der Waals surface area contributed by atoms with E-state index in [9.17, 15) is 9.59 Å². The molecule has 1 aromatic heterocycles. The van der Waals surface area contributed by atoms with E-state index >= 15 is 0 Å². The summed E-state index contributed by atoms with van der Waals surface area (Å²) in [6.45, 7) is 2.22. The summed E-state index contributed by atoms with van der Waals surface area (Å²) in [6, 6.07) is 4.10. The second kappa shape index (κ2) is 6.68. The van der Waals surface area contributed by atoms with Crippen LogP contribution in [0.25, 0.3) is 0 Å². The summed E-state index contributed by atoms with van der Waals surface area (Å²) in [5, 5.41) is 15.2. The Morgan fingerprint density at radius 1 is 1.43 bits per heavy atom. The van der Waals surface area contributed by atoms with E-state index in [1.54, 1.807) is 18.3 Å². The van der Waals surface area contributed by atoms with Crippen molar-refractivity contribution in [1.29, 1.82) is 0 Å². The van der Waals surface area contributed by atoms with E-state index < -0.39 is 12.0 Å². The highest BCUT2D eigenvalue weighted by Gasteiger charge is 2.13. The number of nitrogens with zero attached hydrogens (tertiary/aromatic N) is 1. The maximum Gasteiger partial charge on any atom is 0.337 e. The highest BCUT2D eigenvalue weighted by atomic mass is 79.9. The number of benzene rings is 1. The lowest BCUT2D eigenvalue weighted by Crippen LogP contribution is -2.28. The van der Waals surface area contributed by atoms with Gasteiger partial charge in [-0.1, -0.05) is 15.9 Å². The average Bonchev–Trinajstić information content (AvgIpc) is 2.82. The Hall–Kier alpha value is -1.93. The van der Waals surface area contributed by atoms with Crippen molar-refractivity contribution in [3.63, 3.8) is 0 Å². The van der Waals surface area contributed by atoms with Gasteiger partial charge in [0.1, 0.15) is 0 Å². The van der Waals surface area contributed by atoms with Gasteiger partial charge in [0.2, 0.25) is 0 Å². The Labute approximate surface area is 133 Å². The van der Waals surface area contributed by atoms with Crippen molar-refractivity contribution in [2.24, 2.45) is 0 Å². The first-order valence-corrected chi connectivity index (χ1v) is 7.55. The molecule has 0 saturated heterocycles. The molecule has 0 saturated carbocycles. The number of hydrogen-bond acceptors (Lipinski definition) is 4.